The normalized spacial score (nSPS) is 15.7. The third kappa shape index (κ3) is 4.34. The Morgan fingerprint density at radius 1 is 1.12 bits per heavy atom. The Labute approximate surface area is 155 Å². The fourth-order valence-electron chi connectivity index (χ4n) is 2.79. The van der Waals surface area contributed by atoms with Crippen LogP contribution in [0.3, 0.4) is 0 Å². The van der Waals surface area contributed by atoms with Crippen LogP contribution in [0, 0.1) is 0 Å². The van der Waals surface area contributed by atoms with Crippen LogP contribution in [0.5, 0.6) is 0 Å². The molecule has 2 N–H and O–H groups in total. The van der Waals surface area contributed by atoms with Gasteiger partial charge in [-0.25, -0.2) is 4.99 Å². The van der Waals surface area contributed by atoms with Gasteiger partial charge in [0.05, 0.1) is 0 Å². The second kappa shape index (κ2) is 7.62. The fourth-order valence-corrected chi connectivity index (χ4v) is 3.08. The zero-order chi connectivity index (χ0) is 17.8. The predicted octanol–water partition coefficient (Wildman–Crippen LogP) is 3.61. The average molecular weight is 351 g/mol. The molecule has 3 nitrogen and oxygen atoms in total. The molecular formula is C21H24N3S+. The van der Waals surface area contributed by atoms with Gasteiger partial charge in [-0.1, -0.05) is 36.4 Å². The standard InChI is InChI=1S/C21H23N3S/c1-24(2)18-9-11-20(21(25)14-18)23-17-8-10-19(22)16(13-17)12-15-6-4-3-5-7-15/h3-7,9-11,13-14,25H,8,12,22H2,1-2H3/p+1. The number of hydrogen-bond acceptors (Lipinski definition) is 3. The van der Waals surface area contributed by atoms with Crippen LogP contribution in [0.15, 0.2) is 81.8 Å². The molecule has 0 atom stereocenters. The number of nitrogens with zero attached hydrogens (tertiary/aromatic N) is 2. The highest BCUT2D eigenvalue weighted by Crippen LogP contribution is 2.26. The molecule has 25 heavy (non-hydrogen) atoms. The minimum absolute atomic E-state index is 0.755. The highest BCUT2D eigenvalue weighted by Gasteiger charge is 2.12. The van der Waals surface area contributed by atoms with E-state index in [1.807, 2.05) is 26.2 Å². The van der Waals surface area contributed by atoms with Gasteiger partial charge in [0.1, 0.15) is 5.69 Å². The van der Waals surface area contributed by atoms with Gasteiger partial charge in [0.2, 0.25) is 0 Å². The lowest BCUT2D eigenvalue weighted by Crippen LogP contribution is -2.11. The first kappa shape index (κ1) is 17.4. The Kier molecular flexibility index (Phi) is 5.29. The van der Waals surface area contributed by atoms with Crippen LogP contribution < -0.4 is 10.6 Å². The van der Waals surface area contributed by atoms with Crippen LogP contribution in [0.1, 0.15) is 12.0 Å². The van der Waals surface area contributed by atoms with E-state index in [9.17, 15) is 0 Å². The van der Waals surface area contributed by atoms with Crippen molar-refractivity contribution in [2.24, 2.45) is 10.7 Å². The number of aliphatic imine (C=N–C) groups is 1. The van der Waals surface area contributed by atoms with Crippen molar-refractivity contribution in [2.45, 2.75) is 17.7 Å². The summed E-state index contributed by atoms with van der Waals surface area (Å²) in [5, 5.41) is 0. The summed E-state index contributed by atoms with van der Waals surface area (Å²) in [7, 11) is 4.06. The molecule has 0 fully saturated rings. The van der Waals surface area contributed by atoms with Gasteiger partial charge >= 0.3 is 0 Å². The van der Waals surface area contributed by atoms with Crippen LogP contribution in [-0.2, 0) is 19.0 Å². The van der Waals surface area contributed by atoms with Crippen LogP contribution in [0.4, 0.5) is 11.4 Å². The largest absolute Gasteiger partial charge is 0.399 e. The summed E-state index contributed by atoms with van der Waals surface area (Å²) in [6.45, 7) is 0. The third-order valence-electron chi connectivity index (χ3n) is 4.24. The van der Waals surface area contributed by atoms with E-state index < -0.39 is 0 Å². The van der Waals surface area contributed by atoms with Crippen LogP contribution in [-0.4, -0.2) is 19.8 Å². The molecule has 0 aromatic heterocycles. The highest BCUT2D eigenvalue weighted by molar-refractivity contribution is 7.59. The quantitative estimate of drug-likeness (QED) is 0.856. The Bertz CT molecular complexity index is 849. The monoisotopic (exact) mass is 350 g/mol. The maximum absolute atomic E-state index is 6.19. The molecule has 2 aromatic carbocycles. The molecule has 0 heterocycles. The van der Waals surface area contributed by atoms with Crippen molar-refractivity contribution in [3.8, 4) is 0 Å². The molecule has 1 aliphatic carbocycles. The van der Waals surface area contributed by atoms with Crippen molar-refractivity contribution in [1.82, 2.24) is 0 Å². The molecule has 3 rings (SSSR count). The van der Waals surface area contributed by atoms with Gasteiger partial charge in [0, 0.05) is 43.7 Å². The van der Waals surface area contributed by atoms with E-state index in [0.29, 0.717) is 0 Å². The molecule has 4 heteroatoms. The van der Waals surface area contributed by atoms with Gasteiger partial charge in [-0.3, -0.25) is 0 Å². The summed E-state index contributed by atoms with van der Waals surface area (Å²) < 4.78 is 0. The Morgan fingerprint density at radius 2 is 1.88 bits per heavy atom. The summed E-state index contributed by atoms with van der Waals surface area (Å²) in [5.74, 6) is 0. The van der Waals surface area contributed by atoms with E-state index >= 15 is 0 Å². The topological polar surface area (TPSA) is 41.6 Å². The lowest BCUT2D eigenvalue weighted by Gasteiger charge is -2.15. The van der Waals surface area contributed by atoms with E-state index in [0.717, 1.165) is 46.1 Å². The second-order valence-electron chi connectivity index (χ2n) is 6.39. The fraction of sp³-hybridized carbons (Fsp3) is 0.190. The summed E-state index contributed by atoms with van der Waals surface area (Å²) in [4.78, 5) is 7.87. The van der Waals surface area contributed by atoms with E-state index in [-0.39, 0.29) is 0 Å². The van der Waals surface area contributed by atoms with Crippen LogP contribution in [0.2, 0.25) is 0 Å². The molecule has 1 aliphatic rings. The highest BCUT2D eigenvalue weighted by atomic mass is 32.1. The summed E-state index contributed by atoms with van der Waals surface area (Å²) in [6, 6.07) is 16.6. The van der Waals surface area contributed by atoms with Gasteiger partial charge in [0.15, 0.2) is 4.90 Å². The third-order valence-corrected chi connectivity index (χ3v) is 4.64. The lowest BCUT2D eigenvalue weighted by atomic mass is 9.96. The van der Waals surface area contributed by atoms with Gasteiger partial charge in [-0.15, -0.1) is 0 Å². The number of anilines is 1. The predicted molar refractivity (Wildman–Crippen MR) is 111 cm³/mol. The number of rotatable bonds is 4. The van der Waals surface area contributed by atoms with Gasteiger partial charge < -0.3 is 10.6 Å². The van der Waals surface area contributed by atoms with E-state index in [1.165, 1.54) is 5.56 Å². The summed E-state index contributed by atoms with van der Waals surface area (Å²) in [5.41, 5.74) is 12.5. The van der Waals surface area contributed by atoms with Crippen LogP contribution >= 0.6 is 0 Å². The molecule has 0 aliphatic heterocycles. The van der Waals surface area contributed by atoms with Crippen molar-refractivity contribution in [3.63, 3.8) is 0 Å². The number of nitrogens with two attached hydrogens (primary N) is 1. The van der Waals surface area contributed by atoms with Crippen molar-refractivity contribution in [1.29, 1.82) is 0 Å². The SMILES string of the molecule is CN(C)c1ccc(N=C2C=C(Cc3ccccc3)C(N)=CC2)c([SH2+])c1. The maximum atomic E-state index is 6.19. The number of allylic oxidation sites excluding steroid dienone is 3. The first-order valence-electron chi connectivity index (χ1n) is 8.34. The Morgan fingerprint density at radius 3 is 2.56 bits per heavy atom. The van der Waals surface area contributed by atoms with Gasteiger partial charge in [-0.2, -0.15) is 0 Å². The van der Waals surface area contributed by atoms with Crippen LogP contribution in [0.25, 0.3) is 0 Å². The summed E-state index contributed by atoms with van der Waals surface area (Å²) >= 11 is 3.68. The molecule has 0 saturated carbocycles. The minimum atomic E-state index is 0.755. The smallest absolute Gasteiger partial charge is 0.178 e. The number of benzene rings is 2. The first-order chi connectivity index (χ1) is 12.0. The van der Waals surface area contributed by atoms with Gasteiger partial charge in [-0.05, 0) is 48.4 Å². The molecule has 0 spiro atoms. The number of hydrogen-bond donors (Lipinski definition) is 1. The Balaban J connectivity index is 1.86. The zero-order valence-corrected chi connectivity index (χ0v) is 15.7. The van der Waals surface area contributed by atoms with Crippen molar-refractivity contribution in [3.05, 3.63) is 77.5 Å². The first-order valence-corrected chi connectivity index (χ1v) is 8.84. The molecule has 2 aromatic rings. The maximum Gasteiger partial charge on any atom is 0.178 e. The second-order valence-corrected chi connectivity index (χ2v) is 6.93. The minimum Gasteiger partial charge on any atom is -0.399 e. The molecule has 0 bridgehead atoms. The van der Waals surface area contributed by atoms with E-state index in [4.69, 9.17) is 10.7 Å². The molecule has 0 unspecified atom stereocenters. The van der Waals surface area contributed by atoms with Crippen molar-refractivity contribution >= 4 is 29.7 Å². The average Bonchev–Trinajstić information content (AvgIpc) is 2.60. The summed E-state index contributed by atoms with van der Waals surface area (Å²) in [6.07, 6.45) is 5.75. The molecule has 0 saturated heterocycles. The van der Waals surface area contributed by atoms with E-state index in [1.54, 1.807) is 0 Å². The van der Waals surface area contributed by atoms with E-state index in [2.05, 4.69) is 66.1 Å². The molecule has 0 radical (unpaired) electrons. The van der Waals surface area contributed by atoms with Crippen molar-refractivity contribution < 1.29 is 0 Å². The molecule has 0 amide bonds. The Hall–Kier alpha value is -2.46. The zero-order valence-electron chi connectivity index (χ0n) is 14.7. The molecular weight excluding hydrogens is 326 g/mol. The molecule has 128 valence electrons. The lowest BCUT2D eigenvalue weighted by molar-refractivity contribution is 1.10. The van der Waals surface area contributed by atoms with Crippen molar-refractivity contribution in [2.75, 3.05) is 19.0 Å². The van der Waals surface area contributed by atoms with Gasteiger partial charge in [0.25, 0.3) is 0 Å².